The standard InChI is InChI=1S/C50H48O8P2/c1-49(2)53-33-41(57-49)45(55-47(51)39-29-17-19-31-43(39)59(35-21-9-5-10-22-35)36-23-11-6-12-24-36)46(42-34-54-50(3,4)58-42)56-48(52)40-30-18-20-32-44(40)60(37-25-13-7-14-26-37)38-27-15-8-16-28-38/h5-32,41-42,45-46H,33-34H2,1-4H3/t41-,42-,45-,46-/m1/s1. The zero-order valence-corrected chi connectivity index (χ0v) is 35.8. The van der Waals surface area contributed by atoms with Crippen molar-refractivity contribution in [2.45, 2.75) is 63.7 Å². The van der Waals surface area contributed by atoms with Crippen LogP contribution in [0.3, 0.4) is 0 Å². The van der Waals surface area contributed by atoms with Crippen molar-refractivity contribution in [1.82, 2.24) is 0 Å². The normalized spacial score (nSPS) is 19.2. The molecule has 60 heavy (non-hydrogen) atoms. The zero-order chi connectivity index (χ0) is 41.7. The summed E-state index contributed by atoms with van der Waals surface area (Å²) in [5.74, 6) is -3.15. The molecule has 6 aromatic carbocycles. The van der Waals surface area contributed by atoms with Gasteiger partial charge in [0.2, 0.25) is 0 Å². The van der Waals surface area contributed by atoms with Gasteiger partial charge < -0.3 is 28.4 Å². The molecule has 2 aliphatic rings. The van der Waals surface area contributed by atoms with Gasteiger partial charge in [0.15, 0.2) is 23.8 Å². The first-order valence-corrected chi connectivity index (χ1v) is 22.8. The predicted octanol–water partition coefficient (Wildman–Crippen LogP) is 7.26. The van der Waals surface area contributed by atoms with Gasteiger partial charge in [-0.05, 0) is 87.5 Å². The Morgan fingerprint density at radius 3 is 1.03 bits per heavy atom. The SMILES string of the molecule is CC1(C)OC[C@H]([C@@H](OC(=O)c2ccccc2P(c2ccccc2)c2ccccc2)[C@H](OC(=O)c2ccccc2P(c2ccccc2)c2ccccc2)[C@H]2COC(C)(C)O2)O1. The van der Waals surface area contributed by atoms with E-state index in [1.54, 1.807) is 39.8 Å². The molecule has 0 bridgehead atoms. The Morgan fingerprint density at radius 2 is 0.750 bits per heavy atom. The molecule has 8 rings (SSSR count). The maximum Gasteiger partial charge on any atom is 0.339 e. The quantitative estimate of drug-likeness (QED) is 0.0889. The van der Waals surface area contributed by atoms with E-state index in [9.17, 15) is 9.59 Å². The van der Waals surface area contributed by atoms with Crippen LogP contribution in [0.1, 0.15) is 48.4 Å². The highest BCUT2D eigenvalue weighted by Crippen LogP contribution is 2.38. The molecule has 4 atom stereocenters. The van der Waals surface area contributed by atoms with Crippen LogP contribution in [0, 0.1) is 0 Å². The summed E-state index contributed by atoms with van der Waals surface area (Å²) in [7, 11) is -2.33. The van der Waals surface area contributed by atoms with Gasteiger partial charge in [-0.15, -0.1) is 0 Å². The van der Waals surface area contributed by atoms with E-state index in [-0.39, 0.29) is 13.2 Å². The first-order chi connectivity index (χ1) is 29.1. The third kappa shape index (κ3) is 9.46. The molecule has 6 aromatic rings. The fourth-order valence-corrected chi connectivity index (χ4v) is 12.6. The van der Waals surface area contributed by atoms with E-state index in [0.29, 0.717) is 11.1 Å². The summed E-state index contributed by atoms with van der Waals surface area (Å²) in [6.07, 6.45) is -3.94. The van der Waals surface area contributed by atoms with Gasteiger partial charge in [0, 0.05) is 0 Å². The van der Waals surface area contributed by atoms with Crippen LogP contribution < -0.4 is 31.8 Å². The minimum atomic E-state index is -1.16. The minimum Gasteiger partial charge on any atom is -0.452 e. The van der Waals surface area contributed by atoms with Crippen molar-refractivity contribution in [3.05, 3.63) is 181 Å². The molecule has 0 N–H and O–H groups in total. The van der Waals surface area contributed by atoms with E-state index in [1.807, 2.05) is 109 Å². The highest BCUT2D eigenvalue weighted by molar-refractivity contribution is 7.80. The van der Waals surface area contributed by atoms with Gasteiger partial charge >= 0.3 is 11.9 Å². The van der Waals surface area contributed by atoms with Crippen molar-refractivity contribution >= 4 is 59.6 Å². The third-order valence-corrected chi connectivity index (χ3v) is 15.4. The average Bonchev–Trinajstić information content (AvgIpc) is 3.83. The van der Waals surface area contributed by atoms with Crippen LogP contribution in [0.15, 0.2) is 170 Å². The maximum absolute atomic E-state index is 14.9. The van der Waals surface area contributed by atoms with Gasteiger partial charge in [-0.25, -0.2) is 9.59 Å². The van der Waals surface area contributed by atoms with Crippen molar-refractivity contribution in [1.29, 1.82) is 0 Å². The summed E-state index contributed by atoms with van der Waals surface area (Å²) in [6.45, 7) is 7.39. The van der Waals surface area contributed by atoms with E-state index in [1.165, 1.54) is 0 Å². The van der Waals surface area contributed by atoms with Crippen LogP contribution in [0.25, 0.3) is 0 Å². The largest absolute Gasteiger partial charge is 0.452 e. The van der Waals surface area contributed by atoms with Crippen LogP contribution in [0.5, 0.6) is 0 Å². The van der Waals surface area contributed by atoms with Gasteiger partial charge in [-0.2, -0.15) is 0 Å². The summed E-state index contributed by atoms with van der Waals surface area (Å²) in [5, 5.41) is 5.99. The molecule has 306 valence electrons. The highest BCUT2D eigenvalue weighted by Gasteiger charge is 2.51. The van der Waals surface area contributed by atoms with Crippen LogP contribution >= 0.6 is 15.8 Å². The van der Waals surface area contributed by atoms with Crippen molar-refractivity contribution in [2.75, 3.05) is 13.2 Å². The van der Waals surface area contributed by atoms with E-state index < -0.39 is 63.8 Å². The Kier molecular flexibility index (Phi) is 12.7. The molecule has 10 heteroatoms. The van der Waals surface area contributed by atoms with Crippen molar-refractivity contribution in [3.63, 3.8) is 0 Å². The molecule has 2 heterocycles. The van der Waals surface area contributed by atoms with E-state index in [0.717, 1.165) is 31.8 Å². The van der Waals surface area contributed by atoms with Crippen LogP contribution in [-0.4, -0.2) is 61.1 Å². The van der Waals surface area contributed by atoms with E-state index in [2.05, 4.69) is 48.5 Å². The molecule has 0 aromatic heterocycles. The van der Waals surface area contributed by atoms with Gasteiger partial charge in [0.1, 0.15) is 12.2 Å². The first kappa shape index (κ1) is 41.7. The predicted molar refractivity (Wildman–Crippen MR) is 239 cm³/mol. The Labute approximate surface area is 354 Å². The maximum atomic E-state index is 14.9. The lowest BCUT2D eigenvalue weighted by Gasteiger charge is -2.34. The highest BCUT2D eigenvalue weighted by atomic mass is 31.1. The van der Waals surface area contributed by atoms with Crippen molar-refractivity contribution < 1.29 is 38.0 Å². The lowest BCUT2D eigenvalue weighted by atomic mass is 10.0. The fraction of sp³-hybridized carbons (Fsp3) is 0.240. The monoisotopic (exact) mass is 838 g/mol. The molecule has 0 aliphatic carbocycles. The van der Waals surface area contributed by atoms with Gasteiger partial charge in [-0.3, -0.25) is 0 Å². The second-order valence-electron chi connectivity index (χ2n) is 15.5. The molecule has 0 amide bonds. The number of carbonyl (C=O) groups is 2. The first-order valence-electron chi connectivity index (χ1n) is 20.1. The summed E-state index contributed by atoms with van der Waals surface area (Å²) in [4.78, 5) is 29.8. The molecule has 0 unspecified atom stereocenters. The van der Waals surface area contributed by atoms with Gasteiger partial charge in [-0.1, -0.05) is 158 Å². The van der Waals surface area contributed by atoms with Crippen molar-refractivity contribution in [2.24, 2.45) is 0 Å². The second kappa shape index (κ2) is 18.3. The number of carbonyl (C=O) groups excluding carboxylic acids is 2. The number of hydrogen-bond acceptors (Lipinski definition) is 8. The fourth-order valence-electron chi connectivity index (χ4n) is 7.68. The lowest BCUT2D eigenvalue weighted by Crippen LogP contribution is -2.52. The summed E-state index contributed by atoms with van der Waals surface area (Å²) < 4.78 is 38.3. The van der Waals surface area contributed by atoms with E-state index in [4.69, 9.17) is 28.4 Å². The zero-order valence-electron chi connectivity index (χ0n) is 34.0. The topological polar surface area (TPSA) is 89.5 Å². The molecular weight excluding hydrogens is 790 g/mol. The molecular formula is C50H48O8P2. The molecule has 0 radical (unpaired) electrons. The summed E-state index contributed by atoms with van der Waals surface area (Å²) >= 11 is 0. The van der Waals surface area contributed by atoms with Crippen LogP contribution in [0.2, 0.25) is 0 Å². The third-order valence-electron chi connectivity index (χ3n) is 10.4. The molecule has 0 spiro atoms. The average molecular weight is 839 g/mol. The van der Waals surface area contributed by atoms with Crippen LogP contribution in [0.4, 0.5) is 0 Å². The second-order valence-corrected chi connectivity index (χ2v) is 19.9. The van der Waals surface area contributed by atoms with Gasteiger partial charge in [0.25, 0.3) is 0 Å². The molecule has 0 saturated carbocycles. The number of rotatable bonds is 13. The Morgan fingerprint density at radius 1 is 0.467 bits per heavy atom. The minimum absolute atomic E-state index is 0.0856. The number of esters is 2. The molecule has 2 aliphatic heterocycles. The molecule has 2 saturated heterocycles. The Hall–Kier alpha value is -5.04. The van der Waals surface area contributed by atoms with Gasteiger partial charge in [0.05, 0.1) is 24.3 Å². The number of benzene rings is 6. The summed E-state index contributed by atoms with van der Waals surface area (Å²) in [6, 6.07) is 55.8. The molecule has 2 fully saturated rings. The number of ether oxygens (including phenoxy) is 6. The Balaban J connectivity index is 1.19. The number of hydrogen-bond donors (Lipinski definition) is 0. The summed E-state index contributed by atoms with van der Waals surface area (Å²) in [5.41, 5.74) is 0.797. The van der Waals surface area contributed by atoms with Crippen molar-refractivity contribution in [3.8, 4) is 0 Å². The lowest BCUT2D eigenvalue weighted by molar-refractivity contribution is -0.185. The Bertz CT molecular complexity index is 2130. The van der Waals surface area contributed by atoms with Crippen LogP contribution in [-0.2, 0) is 28.4 Å². The molecule has 8 nitrogen and oxygen atoms in total. The van der Waals surface area contributed by atoms with E-state index >= 15 is 0 Å². The smallest absolute Gasteiger partial charge is 0.339 e.